The lowest BCUT2D eigenvalue weighted by Crippen LogP contribution is -2.06. The van der Waals surface area contributed by atoms with Crippen LogP contribution in [0.2, 0.25) is 0 Å². The van der Waals surface area contributed by atoms with Gasteiger partial charge in [-0.25, -0.2) is 9.37 Å². The van der Waals surface area contributed by atoms with Gasteiger partial charge in [-0.3, -0.25) is 4.79 Å². The minimum absolute atomic E-state index is 0.0681. The van der Waals surface area contributed by atoms with Gasteiger partial charge >= 0.3 is 5.97 Å². The second kappa shape index (κ2) is 5.65. The van der Waals surface area contributed by atoms with Crippen molar-refractivity contribution in [3.05, 3.63) is 53.4 Å². The number of carboxylic acids is 1. The minimum atomic E-state index is -0.836. The lowest BCUT2D eigenvalue weighted by molar-refractivity contribution is -0.136. The predicted octanol–water partition coefficient (Wildman–Crippen LogP) is 2.17. The average Bonchev–Trinajstić information content (AvgIpc) is 2.71. The second-order valence-corrected chi connectivity index (χ2v) is 4.39. The van der Waals surface area contributed by atoms with Crippen LogP contribution in [0.15, 0.2) is 30.5 Å². The number of carboxylic acid groups (broad SMARTS) is 1. The van der Waals surface area contributed by atoms with Crippen LogP contribution in [0.25, 0.3) is 0 Å². The van der Waals surface area contributed by atoms with Gasteiger partial charge in [0.25, 0.3) is 0 Å². The molecule has 0 saturated carbocycles. The van der Waals surface area contributed by atoms with E-state index in [9.17, 15) is 9.18 Å². The quantitative estimate of drug-likeness (QED) is 0.898. The molecule has 0 fully saturated rings. The van der Waals surface area contributed by atoms with Gasteiger partial charge in [-0.2, -0.15) is 0 Å². The van der Waals surface area contributed by atoms with E-state index < -0.39 is 5.97 Å². The van der Waals surface area contributed by atoms with Crippen molar-refractivity contribution in [2.75, 3.05) is 0 Å². The highest BCUT2D eigenvalue weighted by Gasteiger charge is 2.10. The molecule has 0 radical (unpaired) electrons. The van der Waals surface area contributed by atoms with Gasteiger partial charge in [-0.1, -0.05) is 18.2 Å². The van der Waals surface area contributed by atoms with Gasteiger partial charge in [0.05, 0.1) is 6.42 Å². The van der Waals surface area contributed by atoms with Gasteiger partial charge < -0.3 is 9.67 Å². The molecule has 0 spiro atoms. The second-order valence-electron chi connectivity index (χ2n) is 4.39. The molecule has 0 saturated heterocycles. The Bertz CT molecular complexity index is 593. The summed E-state index contributed by atoms with van der Waals surface area (Å²) in [5.41, 5.74) is 1.43. The molecule has 0 unspecified atom stereocenters. The van der Waals surface area contributed by atoms with Crippen molar-refractivity contribution in [1.82, 2.24) is 9.55 Å². The molecule has 5 heteroatoms. The molecule has 19 heavy (non-hydrogen) atoms. The van der Waals surface area contributed by atoms with Crippen LogP contribution in [-0.2, 0) is 24.7 Å². The number of rotatable bonds is 5. The smallest absolute Gasteiger partial charge is 0.303 e. The van der Waals surface area contributed by atoms with Crippen LogP contribution in [0, 0.1) is 5.82 Å². The molecule has 0 bridgehead atoms. The molecule has 4 nitrogen and oxygen atoms in total. The molecular formula is C14H15FN2O2. The monoisotopic (exact) mass is 262 g/mol. The first-order chi connectivity index (χ1) is 9.08. The van der Waals surface area contributed by atoms with E-state index in [-0.39, 0.29) is 12.2 Å². The zero-order valence-electron chi connectivity index (χ0n) is 10.6. The molecule has 2 aromatic rings. The Morgan fingerprint density at radius 1 is 1.42 bits per heavy atom. The fourth-order valence-electron chi connectivity index (χ4n) is 1.93. The highest BCUT2D eigenvalue weighted by molar-refractivity contribution is 5.66. The van der Waals surface area contributed by atoms with Crippen LogP contribution >= 0.6 is 0 Å². The fourth-order valence-corrected chi connectivity index (χ4v) is 1.93. The fraction of sp³-hybridized carbons (Fsp3) is 0.286. The third-order valence-electron chi connectivity index (χ3n) is 3.08. The molecule has 1 N–H and O–H groups in total. The molecule has 100 valence electrons. The van der Waals surface area contributed by atoms with Crippen LogP contribution in [0.5, 0.6) is 0 Å². The number of benzene rings is 1. The molecule has 0 aliphatic rings. The highest BCUT2D eigenvalue weighted by atomic mass is 19.1. The maximum absolute atomic E-state index is 13.6. The first-order valence-corrected chi connectivity index (χ1v) is 6.02. The molecule has 2 rings (SSSR count). The van der Waals surface area contributed by atoms with Crippen LogP contribution in [-0.4, -0.2) is 20.6 Å². The predicted molar refractivity (Wildman–Crippen MR) is 68.4 cm³/mol. The summed E-state index contributed by atoms with van der Waals surface area (Å²) in [6.07, 6.45) is 2.55. The van der Waals surface area contributed by atoms with Crippen LogP contribution in [0.1, 0.15) is 23.5 Å². The number of aliphatic carboxylic acids is 1. The Morgan fingerprint density at radius 2 is 2.16 bits per heavy atom. The Morgan fingerprint density at radius 3 is 2.84 bits per heavy atom. The third kappa shape index (κ3) is 3.19. The zero-order valence-corrected chi connectivity index (χ0v) is 10.6. The lowest BCUT2D eigenvalue weighted by Gasteiger charge is -2.06. The average molecular weight is 262 g/mol. The van der Waals surface area contributed by atoms with Gasteiger partial charge in [0.2, 0.25) is 0 Å². The Labute approximate surface area is 110 Å². The standard InChI is InChI=1S/C14H15FN2O2/c1-17-11(6-7-14(18)19)9-16-13(17)8-10-4-2-3-5-12(10)15/h2-5,9H,6-8H2,1H3,(H,18,19). The topological polar surface area (TPSA) is 55.1 Å². The number of imidazole rings is 1. The minimum Gasteiger partial charge on any atom is -0.481 e. The highest BCUT2D eigenvalue weighted by Crippen LogP contribution is 2.14. The number of halogens is 1. The summed E-state index contributed by atoms with van der Waals surface area (Å²) in [5, 5.41) is 8.66. The Kier molecular flexibility index (Phi) is 3.94. The van der Waals surface area contributed by atoms with Gasteiger partial charge in [0, 0.05) is 25.4 Å². The summed E-state index contributed by atoms with van der Waals surface area (Å²) in [6.45, 7) is 0. The lowest BCUT2D eigenvalue weighted by atomic mass is 10.1. The van der Waals surface area contributed by atoms with E-state index in [1.807, 2.05) is 11.6 Å². The molecule has 1 aromatic heterocycles. The summed E-state index contributed by atoms with van der Waals surface area (Å²) < 4.78 is 15.4. The number of nitrogens with zero attached hydrogens (tertiary/aromatic N) is 2. The molecule has 0 atom stereocenters. The van der Waals surface area contributed by atoms with Gasteiger partial charge in [0.1, 0.15) is 11.6 Å². The molecule has 1 heterocycles. The zero-order chi connectivity index (χ0) is 13.8. The molecule has 0 aliphatic carbocycles. The summed E-state index contributed by atoms with van der Waals surface area (Å²) in [7, 11) is 1.82. The van der Waals surface area contributed by atoms with Crippen molar-refractivity contribution in [2.24, 2.45) is 7.05 Å². The molecule has 1 aromatic carbocycles. The maximum Gasteiger partial charge on any atom is 0.303 e. The van der Waals surface area contributed by atoms with Crippen LogP contribution in [0.3, 0.4) is 0 Å². The number of carbonyl (C=O) groups is 1. The van der Waals surface area contributed by atoms with E-state index in [1.54, 1.807) is 24.4 Å². The summed E-state index contributed by atoms with van der Waals surface area (Å²) >= 11 is 0. The van der Waals surface area contributed by atoms with Crippen LogP contribution < -0.4 is 0 Å². The van der Waals surface area contributed by atoms with Crippen molar-refractivity contribution in [3.63, 3.8) is 0 Å². The Balaban J connectivity index is 2.14. The van der Waals surface area contributed by atoms with Gasteiger partial charge in [-0.05, 0) is 18.1 Å². The van der Waals surface area contributed by atoms with Gasteiger partial charge in [0.15, 0.2) is 0 Å². The molecular weight excluding hydrogens is 247 g/mol. The molecule has 0 aliphatic heterocycles. The number of hydrogen-bond acceptors (Lipinski definition) is 2. The first-order valence-electron chi connectivity index (χ1n) is 6.02. The largest absolute Gasteiger partial charge is 0.481 e. The third-order valence-corrected chi connectivity index (χ3v) is 3.08. The molecule has 0 amide bonds. The maximum atomic E-state index is 13.6. The van der Waals surface area contributed by atoms with E-state index in [0.717, 1.165) is 11.5 Å². The van der Waals surface area contributed by atoms with Gasteiger partial charge in [-0.15, -0.1) is 0 Å². The number of hydrogen-bond donors (Lipinski definition) is 1. The van der Waals surface area contributed by atoms with Crippen LogP contribution in [0.4, 0.5) is 4.39 Å². The van der Waals surface area contributed by atoms with E-state index in [4.69, 9.17) is 5.11 Å². The SMILES string of the molecule is Cn1c(CCC(=O)O)cnc1Cc1ccccc1F. The van der Waals surface area contributed by atoms with Crippen molar-refractivity contribution in [2.45, 2.75) is 19.3 Å². The van der Waals surface area contributed by atoms with E-state index >= 15 is 0 Å². The van der Waals surface area contributed by atoms with Crippen molar-refractivity contribution >= 4 is 5.97 Å². The summed E-state index contributed by atoms with van der Waals surface area (Å²) in [6, 6.07) is 6.58. The number of aryl methyl sites for hydroxylation is 1. The van der Waals surface area contributed by atoms with Crippen molar-refractivity contribution < 1.29 is 14.3 Å². The Hall–Kier alpha value is -2.17. The normalized spacial score (nSPS) is 10.6. The summed E-state index contributed by atoms with van der Waals surface area (Å²) in [5.74, 6) is -0.361. The first kappa shape index (κ1) is 13.3. The number of aromatic nitrogens is 2. The summed E-state index contributed by atoms with van der Waals surface area (Å²) in [4.78, 5) is 14.8. The van der Waals surface area contributed by atoms with Crippen molar-refractivity contribution in [3.8, 4) is 0 Å². The van der Waals surface area contributed by atoms with E-state index in [0.29, 0.717) is 18.4 Å². The van der Waals surface area contributed by atoms with Crippen molar-refractivity contribution in [1.29, 1.82) is 0 Å². The van der Waals surface area contributed by atoms with E-state index in [2.05, 4.69) is 4.98 Å². The van der Waals surface area contributed by atoms with E-state index in [1.165, 1.54) is 6.07 Å².